The van der Waals surface area contributed by atoms with E-state index in [9.17, 15) is 13.4 Å². The number of halogens is 1. The molecule has 1 aliphatic heterocycles. The Balaban J connectivity index is 1.54. The lowest BCUT2D eigenvalue weighted by atomic mass is 9.91. The van der Waals surface area contributed by atoms with Crippen LogP contribution in [0.4, 0.5) is 10.1 Å². The second-order valence-electron chi connectivity index (χ2n) is 9.01. The zero-order chi connectivity index (χ0) is 25.2. The van der Waals surface area contributed by atoms with Crippen LogP contribution < -0.4 is 10.0 Å². The van der Waals surface area contributed by atoms with Gasteiger partial charge in [0, 0.05) is 30.5 Å². The van der Waals surface area contributed by atoms with Crippen molar-refractivity contribution in [3.05, 3.63) is 82.9 Å². The van der Waals surface area contributed by atoms with Gasteiger partial charge in [0.25, 0.3) is 5.91 Å². The van der Waals surface area contributed by atoms with E-state index in [-0.39, 0.29) is 23.2 Å². The summed E-state index contributed by atoms with van der Waals surface area (Å²) in [4.78, 5) is 13.5. The summed E-state index contributed by atoms with van der Waals surface area (Å²) in [6, 6.07) is 15.6. The van der Waals surface area contributed by atoms with Crippen LogP contribution in [0.1, 0.15) is 46.9 Å². The van der Waals surface area contributed by atoms with E-state index >= 15 is 0 Å². The van der Waals surface area contributed by atoms with Crippen molar-refractivity contribution < 1.29 is 13.4 Å². The third kappa shape index (κ3) is 5.29. The lowest BCUT2D eigenvalue weighted by molar-refractivity contribution is 0.101. The largest absolute Gasteiger partial charge is 0.345 e. The van der Waals surface area contributed by atoms with E-state index in [1.54, 1.807) is 23.9 Å². The van der Waals surface area contributed by atoms with Crippen LogP contribution in [0.3, 0.4) is 0 Å². The van der Waals surface area contributed by atoms with Crippen LogP contribution in [0, 0.1) is 27.8 Å². The topological polar surface area (TPSA) is 111 Å². The monoisotopic (exact) mass is 493 g/mol. The van der Waals surface area contributed by atoms with Crippen LogP contribution in [0.15, 0.2) is 59.6 Å². The molecular weight excluding hydrogens is 465 g/mol. The summed E-state index contributed by atoms with van der Waals surface area (Å²) in [5.74, 6) is -0.944. The van der Waals surface area contributed by atoms with Gasteiger partial charge in [-0.15, -0.1) is 0 Å². The highest BCUT2D eigenvalue weighted by Gasteiger charge is 2.32. The van der Waals surface area contributed by atoms with Crippen molar-refractivity contribution in [2.24, 2.45) is 13.0 Å². The fraction of sp³-hybridized carbons (Fsp3) is 0.308. The lowest BCUT2D eigenvalue weighted by Crippen LogP contribution is -2.37. The first kappa shape index (κ1) is 24.6. The number of anilines is 1. The Hall–Kier alpha value is -3.48. The van der Waals surface area contributed by atoms with Crippen molar-refractivity contribution >= 4 is 21.5 Å². The molecule has 182 valence electrons. The average Bonchev–Trinajstić information content (AvgIpc) is 3.12. The second kappa shape index (κ2) is 10.0. The van der Waals surface area contributed by atoms with Crippen molar-refractivity contribution in [2.75, 3.05) is 5.32 Å². The number of aryl methyl sites for hydroxylation is 2. The average molecular weight is 494 g/mol. The SMILES string of the molecule is C[C@@H](CCc1ccccc1)[C@H]1CCc2c(cn(C)c2C(=O)Nc2ccc(F)c(C#N)c2)S(=N)(=O)N1. The van der Waals surface area contributed by atoms with E-state index in [0.717, 1.165) is 18.9 Å². The molecular formula is C26H28FN5O2S. The Kier molecular flexibility index (Phi) is 7.05. The van der Waals surface area contributed by atoms with E-state index in [4.69, 9.17) is 10.0 Å². The number of hydrogen-bond acceptors (Lipinski definition) is 4. The summed E-state index contributed by atoms with van der Waals surface area (Å²) in [6.07, 6.45) is 4.49. The highest BCUT2D eigenvalue weighted by molar-refractivity contribution is 7.90. The Morgan fingerprint density at radius 1 is 1.34 bits per heavy atom. The molecule has 2 heterocycles. The molecule has 1 amide bonds. The molecule has 0 spiro atoms. The molecule has 7 nitrogen and oxygen atoms in total. The van der Waals surface area contributed by atoms with Crippen LogP contribution in [-0.2, 0) is 29.8 Å². The third-order valence-electron chi connectivity index (χ3n) is 6.56. The zero-order valence-electron chi connectivity index (χ0n) is 19.7. The number of benzene rings is 2. The molecule has 3 N–H and O–H groups in total. The Morgan fingerprint density at radius 2 is 2.09 bits per heavy atom. The molecule has 1 aromatic heterocycles. The predicted molar refractivity (Wildman–Crippen MR) is 133 cm³/mol. The normalized spacial score (nSPS) is 20.3. The van der Waals surface area contributed by atoms with Crippen molar-refractivity contribution in [2.45, 2.75) is 43.5 Å². The molecule has 1 unspecified atom stereocenters. The highest BCUT2D eigenvalue weighted by atomic mass is 32.2. The first-order valence-corrected chi connectivity index (χ1v) is 13.0. The van der Waals surface area contributed by atoms with Crippen LogP contribution in [0.2, 0.25) is 0 Å². The van der Waals surface area contributed by atoms with Gasteiger partial charge in [0.1, 0.15) is 27.5 Å². The van der Waals surface area contributed by atoms with Gasteiger partial charge in [-0.25, -0.2) is 18.1 Å². The minimum Gasteiger partial charge on any atom is -0.345 e. The number of carbonyl (C=O) groups is 1. The molecule has 0 radical (unpaired) electrons. The minimum absolute atomic E-state index is 0.132. The number of fused-ring (bicyclic) bond motifs is 1. The van der Waals surface area contributed by atoms with Gasteiger partial charge in [-0.2, -0.15) is 5.26 Å². The maximum atomic E-state index is 13.7. The number of nitrogens with zero attached hydrogens (tertiary/aromatic N) is 2. The van der Waals surface area contributed by atoms with E-state index in [0.29, 0.717) is 29.0 Å². The molecule has 0 fully saturated rings. The fourth-order valence-corrected chi connectivity index (χ4v) is 6.35. The van der Waals surface area contributed by atoms with Crippen LogP contribution >= 0.6 is 0 Å². The molecule has 0 saturated carbocycles. The van der Waals surface area contributed by atoms with Crippen molar-refractivity contribution in [1.29, 1.82) is 10.0 Å². The number of carbonyl (C=O) groups excluding carboxylic acids is 1. The molecule has 0 saturated heterocycles. The van der Waals surface area contributed by atoms with E-state index < -0.39 is 21.6 Å². The van der Waals surface area contributed by atoms with Crippen molar-refractivity contribution in [3.8, 4) is 6.07 Å². The van der Waals surface area contributed by atoms with Gasteiger partial charge in [-0.1, -0.05) is 37.3 Å². The van der Waals surface area contributed by atoms with Crippen molar-refractivity contribution in [3.63, 3.8) is 0 Å². The maximum Gasteiger partial charge on any atom is 0.272 e. The van der Waals surface area contributed by atoms with Crippen LogP contribution in [0.5, 0.6) is 0 Å². The quantitative estimate of drug-likeness (QED) is 0.459. The second-order valence-corrected chi connectivity index (χ2v) is 10.8. The molecule has 0 aliphatic carbocycles. The minimum atomic E-state index is -3.32. The maximum absolute atomic E-state index is 13.7. The predicted octanol–water partition coefficient (Wildman–Crippen LogP) is 4.78. The highest BCUT2D eigenvalue weighted by Crippen LogP contribution is 2.31. The Bertz CT molecular complexity index is 1390. The van der Waals surface area contributed by atoms with E-state index in [1.165, 1.54) is 17.7 Å². The van der Waals surface area contributed by atoms with Gasteiger partial charge in [0.05, 0.1) is 10.5 Å². The number of rotatable bonds is 6. The third-order valence-corrected chi connectivity index (χ3v) is 8.16. The van der Waals surface area contributed by atoms with Gasteiger partial charge in [0.15, 0.2) is 0 Å². The fourth-order valence-electron chi connectivity index (χ4n) is 4.59. The van der Waals surface area contributed by atoms with Gasteiger partial charge in [0.2, 0.25) is 0 Å². The number of nitriles is 1. The van der Waals surface area contributed by atoms with Gasteiger partial charge >= 0.3 is 0 Å². The number of hydrogen-bond donors (Lipinski definition) is 3. The molecule has 4 rings (SSSR count). The van der Waals surface area contributed by atoms with E-state index in [2.05, 4.69) is 29.1 Å². The van der Waals surface area contributed by atoms with Gasteiger partial charge in [-0.3, -0.25) is 4.79 Å². The molecule has 3 atom stereocenters. The summed E-state index contributed by atoms with van der Waals surface area (Å²) in [5, 5.41) is 11.8. The van der Waals surface area contributed by atoms with Crippen LogP contribution in [-0.4, -0.2) is 20.7 Å². The molecule has 35 heavy (non-hydrogen) atoms. The Labute approximate surface area is 205 Å². The van der Waals surface area contributed by atoms with Crippen LogP contribution in [0.25, 0.3) is 0 Å². The standard InChI is InChI=1S/C26H28FN5O2S/c1-17(8-9-18-6-4-3-5-7-18)23-13-11-21-24(35(29,34)31-23)16-32(2)25(21)26(33)30-20-10-12-22(27)19(14-20)15-28/h3-7,10,12,14,16-17,23H,8-9,11,13H2,1-2H3,(H,30,33)(H2,29,31,34)/t17-,23+,35?/m0/s1. The Morgan fingerprint density at radius 3 is 2.80 bits per heavy atom. The molecule has 2 aromatic carbocycles. The first-order valence-electron chi connectivity index (χ1n) is 11.5. The lowest BCUT2D eigenvalue weighted by Gasteiger charge is -2.24. The summed E-state index contributed by atoms with van der Waals surface area (Å²) < 4.78 is 40.3. The molecule has 0 bridgehead atoms. The molecule has 1 aliphatic rings. The summed E-state index contributed by atoms with van der Waals surface area (Å²) >= 11 is 0. The summed E-state index contributed by atoms with van der Waals surface area (Å²) in [7, 11) is -1.65. The number of aromatic nitrogens is 1. The first-order chi connectivity index (χ1) is 16.7. The van der Waals surface area contributed by atoms with Gasteiger partial charge in [-0.05, 0) is 55.4 Å². The molecule has 9 heteroatoms. The number of amides is 1. The molecule has 3 aromatic rings. The smallest absolute Gasteiger partial charge is 0.272 e. The number of nitrogens with one attached hydrogen (secondary N) is 3. The summed E-state index contributed by atoms with van der Waals surface area (Å²) in [6.45, 7) is 2.10. The van der Waals surface area contributed by atoms with Gasteiger partial charge < -0.3 is 9.88 Å². The van der Waals surface area contributed by atoms with Crippen molar-refractivity contribution in [1.82, 2.24) is 9.29 Å². The zero-order valence-corrected chi connectivity index (χ0v) is 20.5. The summed E-state index contributed by atoms with van der Waals surface area (Å²) in [5.41, 5.74) is 2.25. The van der Waals surface area contributed by atoms with E-state index in [1.807, 2.05) is 18.2 Å².